The topological polar surface area (TPSA) is 38.3 Å². The number of halogens is 1. The van der Waals surface area contributed by atoms with Gasteiger partial charge in [-0.2, -0.15) is 0 Å². The maximum Gasteiger partial charge on any atom is 0.244 e. The minimum Gasteiger partial charge on any atom is -0.497 e. The number of hydrogen-bond acceptors (Lipinski definition) is 2. The van der Waals surface area contributed by atoms with Crippen LogP contribution in [0.1, 0.15) is 18.9 Å². The van der Waals surface area contributed by atoms with E-state index in [1.807, 2.05) is 31.2 Å². The number of ether oxygens (including phenoxy) is 1. The van der Waals surface area contributed by atoms with Gasteiger partial charge in [0.05, 0.1) is 7.11 Å². The quantitative estimate of drug-likeness (QED) is 0.658. The molecular formula is C13H16INO2. The van der Waals surface area contributed by atoms with Crippen LogP contribution < -0.4 is 10.1 Å². The first kappa shape index (κ1) is 14.0. The van der Waals surface area contributed by atoms with Crippen molar-refractivity contribution in [2.75, 3.05) is 7.11 Å². The van der Waals surface area contributed by atoms with Gasteiger partial charge in [0.2, 0.25) is 5.91 Å². The van der Waals surface area contributed by atoms with Crippen LogP contribution in [0, 0.1) is 0 Å². The second-order valence-electron chi connectivity index (χ2n) is 3.51. The van der Waals surface area contributed by atoms with Gasteiger partial charge in [-0.15, -0.1) is 0 Å². The number of carbonyl (C=O) groups excluding carboxylic acids is 1. The summed E-state index contributed by atoms with van der Waals surface area (Å²) in [5.74, 6) is 0.771. The third-order valence-electron chi connectivity index (χ3n) is 2.25. The van der Waals surface area contributed by atoms with Gasteiger partial charge in [0, 0.05) is 12.6 Å². The molecule has 1 N–H and O–H groups in total. The molecule has 0 saturated carbocycles. The monoisotopic (exact) mass is 345 g/mol. The van der Waals surface area contributed by atoms with Crippen molar-refractivity contribution in [1.82, 2.24) is 5.32 Å². The number of amides is 1. The molecular weight excluding hydrogens is 329 g/mol. The lowest BCUT2D eigenvalue weighted by atomic mass is 10.2. The van der Waals surface area contributed by atoms with E-state index in [4.69, 9.17) is 4.74 Å². The van der Waals surface area contributed by atoms with E-state index < -0.39 is 0 Å². The van der Waals surface area contributed by atoms with Crippen molar-refractivity contribution in [1.29, 1.82) is 0 Å². The number of rotatable bonds is 5. The highest BCUT2D eigenvalue weighted by atomic mass is 127. The Balaban J connectivity index is 2.47. The predicted molar refractivity (Wildman–Crippen MR) is 77.2 cm³/mol. The fraction of sp³-hybridized carbons (Fsp3) is 0.308. The van der Waals surface area contributed by atoms with Crippen LogP contribution in [-0.4, -0.2) is 13.0 Å². The minimum absolute atomic E-state index is 0.0490. The molecule has 0 saturated heterocycles. The third kappa shape index (κ3) is 5.21. The van der Waals surface area contributed by atoms with E-state index in [0.717, 1.165) is 21.3 Å². The molecule has 17 heavy (non-hydrogen) atoms. The summed E-state index contributed by atoms with van der Waals surface area (Å²) in [4.78, 5) is 11.5. The van der Waals surface area contributed by atoms with Crippen LogP contribution in [0.3, 0.4) is 0 Å². The Morgan fingerprint density at radius 3 is 2.59 bits per heavy atom. The molecule has 0 aliphatic heterocycles. The van der Waals surface area contributed by atoms with Crippen LogP contribution in [0.5, 0.6) is 5.75 Å². The first-order chi connectivity index (χ1) is 8.15. The van der Waals surface area contributed by atoms with E-state index >= 15 is 0 Å². The maximum atomic E-state index is 11.5. The van der Waals surface area contributed by atoms with Gasteiger partial charge in [-0.1, -0.05) is 19.1 Å². The predicted octanol–water partition coefficient (Wildman–Crippen LogP) is 3.04. The summed E-state index contributed by atoms with van der Waals surface area (Å²) in [6.07, 6.45) is 2.51. The summed E-state index contributed by atoms with van der Waals surface area (Å²) in [6, 6.07) is 7.64. The number of methoxy groups -OCH3 is 1. The van der Waals surface area contributed by atoms with Crippen LogP contribution in [0.4, 0.5) is 0 Å². The Morgan fingerprint density at radius 1 is 1.41 bits per heavy atom. The molecule has 92 valence electrons. The molecule has 0 aromatic heterocycles. The Labute approximate surface area is 115 Å². The normalized spacial score (nSPS) is 11.1. The number of benzene rings is 1. The maximum absolute atomic E-state index is 11.5. The van der Waals surface area contributed by atoms with Crippen molar-refractivity contribution in [2.45, 2.75) is 19.9 Å². The molecule has 3 nitrogen and oxygen atoms in total. The highest BCUT2D eigenvalue weighted by Gasteiger charge is 1.99. The molecule has 1 rings (SSSR count). The first-order valence-electron chi connectivity index (χ1n) is 5.42. The van der Waals surface area contributed by atoms with Crippen LogP contribution in [0.2, 0.25) is 0 Å². The zero-order chi connectivity index (χ0) is 12.7. The zero-order valence-corrected chi connectivity index (χ0v) is 12.2. The first-order valence-corrected chi connectivity index (χ1v) is 6.50. The minimum atomic E-state index is -0.0490. The Kier molecular flexibility index (Phi) is 6.04. The van der Waals surface area contributed by atoms with Crippen LogP contribution in [-0.2, 0) is 11.3 Å². The van der Waals surface area contributed by atoms with Crippen molar-refractivity contribution < 1.29 is 9.53 Å². The highest BCUT2D eigenvalue weighted by Crippen LogP contribution is 2.11. The van der Waals surface area contributed by atoms with Gasteiger partial charge in [0.25, 0.3) is 0 Å². The van der Waals surface area contributed by atoms with Gasteiger partial charge < -0.3 is 10.1 Å². The molecule has 0 fully saturated rings. The standard InChI is InChI=1S/C13H16INO2/c1-3-11(14)8-13(16)15-9-10-4-6-12(17-2)7-5-10/h4-8H,3,9H2,1-2H3,(H,15,16). The van der Waals surface area contributed by atoms with E-state index in [0.29, 0.717) is 6.54 Å². The van der Waals surface area contributed by atoms with Crippen LogP contribution in [0.25, 0.3) is 0 Å². The second kappa shape index (κ2) is 7.32. The molecule has 4 heteroatoms. The molecule has 0 bridgehead atoms. The summed E-state index contributed by atoms with van der Waals surface area (Å²) in [6.45, 7) is 2.56. The molecule has 0 radical (unpaired) electrons. The van der Waals surface area contributed by atoms with E-state index in [1.165, 1.54) is 0 Å². The fourth-order valence-corrected chi connectivity index (χ4v) is 1.51. The van der Waals surface area contributed by atoms with Crippen molar-refractivity contribution in [2.24, 2.45) is 0 Å². The summed E-state index contributed by atoms with van der Waals surface area (Å²) >= 11 is 2.17. The van der Waals surface area contributed by atoms with Gasteiger partial charge in [-0.3, -0.25) is 4.79 Å². The summed E-state index contributed by atoms with van der Waals surface area (Å²) in [5, 5.41) is 2.84. The van der Waals surface area contributed by atoms with Crippen LogP contribution in [0.15, 0.2) is 33.9 Å². The molecule has 0 atom stereocenters. The number of nitrogens with one attached hydrogen (secondary N) is 1. The number of carbonyl (C=O) groups is 1. The van der Waals surface area contributed by atoms with Gasteiger partial charge in [0.15, 0.2) is 0 Å². The van der Waals surface area contributed by atoms with Crippen molar-refractivity contribution in [3.8, 4) is 5.75 Å². The summed E-state index contributed by atoms with van der Waals surface area (Å²) in [7, 11) is 1.63. The SMILES string of the molecule is CCC(I)=CC(=O)NCc1ccc(OC)cc1. The molecule has 0 unspecified atom stereocenters. The summed E-state index contributed by atoms with van der Waals surface area (Å²) in [5.41, 5.74) is 1.05. The van der Waals surface area contributed by atoms with Gasteiger partial charge in [-0.05, 0) is 50.3 Å². The molecule has 0 aliphatic carbocycles. The molecule has 1 amide bonds. The van der Waals surface area contributed by atoms with Crippen molar-refractivity contribution in [3.63, 3.8) is 0 Å². The largest absolute Gasteiger partial charge is 0.497 e. The average Bonchev–Trinajstić information content (AvgIpc) is 2.36. The Hall–Kier alpha value is -1.04. The Bertz CT molecular complexity index is 398. The lowest BCUT2D eigenvalue weighted by Gasteiger charge is -2.04. The van der Waals surface area contributed by atoms with Gasteiger partial charge in [0.1, 0.15) is 5.75 Å². The molecule has 0 heterocycles. The van der Waals surface area contributed by atoms with Gasteiger partial charge in [-0.25, -0.2) is 0 Å². The molecule has 0 aliphatic rings. The van der Waals surface area contributed by atoms with Crippen molar-refractivity contribution in [3.05, 3.63) is 39.5 Å². The molecule has 1 aromatic carbocycles. The fourth-order valence-electron chi connectivity index (χ4n) is 1.23. The van der Waals surface area contributed by atoms with Crippen molar-refractivity contribution >= 4 is 28.5 Å². The Morgan fingerprint density at radius 2 is 2.06 bits per heavy atom. The van der Waals surface area contributed by atoms with Crippen LogP contribution >= 0.6 is 22.6 Å². The number of hydrogen-bond donors (Lipinski definition) is 1. The molecule has 1 aromatic rings. The lowest BCUT2D eigenvalue weighted by molar-refractivity contribution is -0.116. The van der Waals surface area contributed by atoms with E-state index in [1.54, 1.807) is 13.2 Å². The second-order valence-corrected chi connectivity index (χ2v) is 4.90. The third-order valence-corrected chi connectivity index (χ3v) is 3.33. The summed E-state index contributed by atoms with van der Waals surface area (Å²) < 4.78 is 6.11. The highest BCUT2D eigenvalue weighted by molar-refractivity contribution is 14.1. The average molecular weight is 345 g/mol. The smallest absolute Gasteiger partial charge is 0.244 e. The van der Waals surface area contributed by atoms with E-state index in [-0.39, 0.29) is 5.91 Å². The van der Waals surface area contributed by atoms with E-state index in [2.05, 4.69) is 27.9 Å². The zero-order valence-electron chi connectivity index (χ0n) is 10.00. The lowest BCUT2D eigenvalue weighted by Crippen LogP contribution is -2.20. The molecule has 0 spiro atoms. The van der Waals surface area contributed by atoms with E-state index in [9.17, 15) is 4.79 Å². The number of allylic oxidation sites excluding steroid dienone is 1. The van der Waals surface area contributed by atoms with Gasteiger partial charge >= 0.3 is 0 Å².